The number of carbonyl (C=O) groups excluding carboxylic acids is 1. The molecule has 5 heteroatoms. The molecule has 1 N–H and O–H groups in total. The lowest BCUT2D eigenvalue weighted by molar-refractivity contribution is -0.152. The molecule has 0 aliphatic heterocycles. The molecule has 1 amide bonds. The van der Waals surface area contributed by atoms with E-state index in [1.165, 1.54) is 6.42 Å². The monoisotopic (exact) mass is 296 g/mol. The van der Waals surface area contributed by atoms with E-state index in [2.05, 4.69) is 19.0 Å². The predicted octanol–water partition coefficient (Wildman–Crippen LogP) is 1.82. The van der Waals surface area contributed by atoms with Crippen LogP contribution in [0.5, 0.6) is 0 Å². The zero-order chi connectivity index (χ0) is 15.6. The maximum Gasteiger partial charge on any atom is 0.307 e. The number of carboxylic acid groups (broad SMARTS) is 1. The Balaban J connectivity index is 2.02. The van der Waals surface area contributed by atoms with Gasteiger partial charge in [0.25, 0.3) is 0 Å². The van der Waals surface area contributed by atoms with Crippen molar-refractivity contribution in [2.45, 2.75) is 50.5 Å². The van der Waals surface area contributed by atoms with E-state index in [0.717, 1.165) is 32.1 Å². The number of amides is 1. The summed E-state index contributed by atoms with van der Waals surface area (Å²) in [4.78, 5) is 28.1. The van der Waals surface area contributed by atoms with E-state index in [4.69, 9.17) is 0 Å². The molecular formula is C16H28N2O3. The molecule has 5 nitrogen and oxygen atoms in total. The Bertz CT molecular complexity index is 404. The molecule has 0 bridgehead atoms. The van der Waals surface area contributed by atoms with Crippen LogP contribution in [0.2, 0.25) is 0 Å². The highest BCUT2D eigenvalue weighted by Gasteiger charge is 2.43. The van der Waals surface area contributed by atoms with Crippen LogP contribution in [0.3, 0.4) is 0 Å². The highest BCUT2D eigenvalue weighted by atomic mass is 16.4. The number of hydrogen-bond acceptors (Lipinski definition) is 3. The smallest absolute Gasteiger partial charge is 0.307 e. The van der Waals surface area contributed by atoms with Gasteiger partial charge in [0.1, 0.15) is 0 Å². The van der Waals surface area contributed by atoms with Crippen LogP contribution in [0, 0.1) is 11.8 Å². The molecule has 2 aliphatic rings. The minimum atomic E-state index is -0.813. The lowest BCUT2D eigenvalue weighted by Crippen LogP contribution is -2.58. The molecule has 0 spiro atoms. The van der Waals surface area contributed by atoms with Crippen molar-refractivity contribution in [3.05, 3.63) is 0 Å². The molecule has 2 aliphatic carbocycles. The van der Waals surface area contributed by atoms with Crippen molar-refractivity contribution in [1.82, 2.24) is 9.80 Å². The molecule has 0 radical (unpaired) electrons. The average Bonchev–Trinajstić information content (AvgIpc) is 2.41. The van der Waals surface area contributed by atoms with Gasteiger partial charge in [-0.15, -0.1) is 0 Å². The predicted molar refractivity (Wildman–Crippen MR) is 81.0 cm³/mol. The highest BCUT2D eigenvalue weighted by Crippen LogP contribution is 2.38. The van der Waals surface area contributed by atoms with E-state index in [9.17, 15) is 14.7 Å². The Morgan fingerprint density at radius 2 is 1.62 bits per heavy atom. The standard InChI is InChI=1S/C16H28N2O3/c1-17(2)16(9-6-10-16)11-18(3)14(19)12-7-4-5-8-13(12)15(20)21/h12-13H,4-11H2,1-3H3,(H,20,21). The van der Waals surface area contributed by atoms with Crippen LogP contribution in [-0.2, 0) is 9.59 Å². The van der Waals surface area contributed by atoms with Crippen molar-refractivity contribution in [1.29, 1.82) is 0 Å². The molecule has 0 heterocycles. The summed E-state index contributed by atoms with van der Waals surface area (Å²) in [5.41, 5.74) is 0.0950. The van der Waals surface area contributed by atoms with Crippen molar-refractivity contribution in [2.75, 3.05) is 27.7 Å². The van der Waals surface area contributed by atoms with Crippen LogP contribution in [0.25, 0.3) is 0 Å². The van der Waals surface area contributed by atoms with E-state index < -0.39 is 11.9 Å². The number of carboxylic acids is 1. The van der Waals surface area contributed by atoms with Crippen LogP contribution in [0.4, 0.5) is 0 Å². The summed E-state index contributed by atoms with van der Waals surface area (Å²) >= 11 is 0. The third-order valence-corrected chi connectivity index (χ3v) is 5.54. The number of carbonyl (C=O) groups is 2. The third-order valence-electron chi connectivity index (χ3n) is 5.54. The summed E-state index contributed by atoms with van der Waals surface area (Å²) in [6, 6.07) is 0. The molecule has 0 aromatic carbocycles. The van der Waals surface area contributed by atoms with Crippen molar-refractivity contribution in [3.8, 4) is 0 Å². The first-order chi connectivity index (χ1) is 9.87. The number of hydrogen-bond donors (Lipinski definition) is 1. The lowest BCUT2D eigenvalue weighted by Gasteiger charge is -2.49. The molecule has 2 unspecified atom stereocenters. The van der Waals surface area contributed by atoms with E-state index >= 15 is 0 Å². The molecule has 0 aromatic heterocycles. The van der Waals surface area contributed by atoms with E-state index in [1.54, 1.807) is 4.90 Å². The third kappa shape index (κ3) is 3.23. The number of likely N-dealkylation sites (N-methyl/N-ethyl adjacent to an activating group) is 2. The van der Waals surface area contributed by atoms with E-state index in [-0.39, 0.29) is 17.4 Å². The van der Waals surface area contributed by atoms with E-state index in [1.807, 2.05) is 7.05 Å². The van der Waals surface area contributed by atoms with Gasteiger partial charge in [0, 0.05) is 19.1 Å². The minimum Gasteiger partial charge on any atom is -0.481 e. The van der Waals surface area contributed by atoms with Gasteiger partial charge in [-0.2, -0.15) is 0 Å². The lowest BCUT2D eigenvalue weighted by atomic mass is 9.74. The van der Waals surface area contributed by atoms with Gasteiger partial charge in [0.15, 0.2) is 0 Å². The Morgan fingerprint density at radius 3 is 2.05 bits per heavy atom. The first kappa shape index (κ1) is 16.3. The van der Waals surface area contributed by atoms with Crippen LogP contribution in [0.1, 0.15) is 44.9 Å². The average molecular weight is 296 g/mol. The second kappa shape index (κ2) is 6.34. The van der Waals surface area contributed by atoms with E-state index in [0.29, 0.717) is 13.0 Å². The van der Waals surface area contributed by atoms with Gasteiger partial charge in [-0.05, 0) is 46.2 Å². The summed E-state index contributed by atoms with van der Waals surface area (Å²) < 4.78 is 0. The van der Waals surface area contributed by atoms with Crippen molar-refractivity contribution < 1.29 is 14.7 Å². The first-order valence-electron chi connectivity index (χ1n) is 8.02. The van der Waals surface area contributed by atoms with Gasteiger partial charge < -0.3 is 14.9 Å². The summed E-state index contributed by atoms with van der Waals surface area (Å²) in [6.45, 7) is 0.710. The van der Waals surface area contributed by atoms with Crippen molar-refractivity contribution in [2.24, 2.45) is 11.8 Å². The second-order valence-corrected chi connectivity index (χ2v) is 7.00. The Hall–Kier alpha value is -1.10. The van der Waals surface area contributed by atoms with Crippen LogP contribution < -0.4 is 0 Å². The molecule has 120 valence electrons. The fourth-order valence-electron chi connectivity index (χ4n) is 3.86. The largest absolute Gasteiger partial charge is 0.481 e. The maximum absolute atomic E-state index is 12.7. The minimum absolute atomic E-state index is 0.0234. The van der Waals surface area contributed by atoms with Crippen molar-refractivity contribution >= 4 is 11.9 Å². The molecule has 2 atom stereocenters. The topological polar surface area (TPSA) is 60.9 Å². The fourth-order valence-corrected chi connectivity index (χ4v) is 3.86. The Morgan fingerprint density at radius 1 is 1.05 bits per heavy atom. The van der Waals surface area contributed by atoms with Gasteiger partial charge in [-0.3, -0.25) is 9.59 Å². The molecule has 0 aromatic rings. The quantitative estimate of drug-likeness (QED) is 0.840. The van der Waals surface area contributed by atoms with Gasteiger partial charge in [-0.25, -0.2) is 0 Å². The second-order valence-electron chi connectivity index (χ2n) is 7.00. The SMILES string of the molecule is CN(CC1(N(C)C)CCC1)C(=O)C1CCCCC1C(=O)O. The van der Waals surface area contributed by atoms with Crippen molar-refractivity contribution in [3.63, 3.8) is 0 Å². The zero-order valence-corrected chi connectivity index (χ0v) is 13.5. The molecule has 0 saturated heterocycles. The highest BCUT2D eigenvalue weighted by molar-refractivity contribution is 5.84. The Kier molecular flexibility index (Phi) is 4.91. The van der Waals surface area contributed by atoms with Gasteiger partial charge in [0.05, 0.1) is 11.8 Å². The maximum atomic E-state index is 12.7. The van der Waals surface area contributed by atoms with Crippen LogP contribution in [-0.4, -0.2) is 60.0 Å². The molecule has 2 saturated carbocycles. The fraction of sp³-hybridized carbons (Fsp3) is 0.875. The summed E-state index contributed by atoms with van der Waals surface area (Å²) in [5.74, 6) is -1.62. The molecule has 21 heavy (non-hydrogen) atoms. The summed E-state index contributed by atoms with van der Waals surface area (Å²) in [7, 11) is 5.97. The summed E-state index contributed by atoms with van der Waals surface area (Å²) in [5, 5.41) is 9.34. The number of rotatable bonds is 5. The Labute approximate surface area is 127 Å². The van der Waals surface area contributed by atoms with Crippen LogP contribution >= 0.6 is 0 Å². The van der Waals surface area contributed by atoms with Gasteiger partial charge in [-0.1, -0.05) is 12.8 Å². The normalized spacial score (nSPS) is 28.0. The molecule has 2 fully saturated rings. The zero-order valence-electron chi connectivity index (χ0n) is 13.5. The number of nitrogens with zero attached hydrogens (tertiary/aromatic N) is 2. The first-order valence-corrected chi connectivity index (χ1v) is 8.02. The van der Waals surface area contributed by atoms with Gasteiger partial charge >= 0.3 is 5.97 Å². The molecular weight excluding hydrogens is 268 g/mol. The van der Waals surface area contributed by atoms with Crippen LogP contribution in [0.15, 0.2) is 0 Å². The molecule has 2 rings (SSSR count). The summed E-state index contributed by atoms with van der Waals surface area (Å²) in [6.07, 6.45) is 6.68. The number of aliphatic carboxylic acids is 1. The van der Waals surface area contributed by atoms with Gasteiger partial charge in [0.2, 0.25) is 5.91 Å².